The summed E-state index contributed by atoms with van der Waals surface area (Å²) in [6, 6.07) is 10.8. The van der Waals surface area contributed by atoms with Crippen LogP contribution in [0.4, 0.5) is 0 Å². The van der Waals surface area contributed by atoms with Gasteiger partial charge >= 0.3 is 0 Å². The lowest BCUT2D eigenvalue weighted by atomic mass is 9.87. The first kappa shape index (κ1) is 19.5. The molecule has 4 nitrogen and oxygen atoms in total. The summed E-state index contributed by atoms with van der Waals surface area (Å²) in [5.74, 6) is 1.27. The van der Waals surface area contributed by atoms with Gasteiger partial charge in [-0.1, -0.05) is 56.0 Å². The molecule has 0 unspecified atom stereocenters. The van der Waals surface area contributed by atoms with Gasteiger partial charge in [0.15, 0.2) is 0 Å². The molecule has 4 heteroatoms. The zero-order chi connectivity index (χ0) is 19.5. The van der Waals surface area contributed by atoms with Crippen LogP contribution in [0.2, 0.25) is 0 Å². The van der Waals surface area contributed by atoms with Gasteiger partial charge in [-0.15, -0.1) is 0 Å². The molecule has 2 saturated heterocycles. The Kier molecular flexibility index (Phi) is 6.03. The summed E-state index contributed by atoms with van der Waals surface area (Å²) in [4.78, 5) is 30.1. The van der Waals surface area contributed by atoms with Crippen LogP contribution < -0.4 is 0 Å². The highest BCUT2D eigenvalue weighted by atomic mass is 16.2. The standard InChI is InChI=1S/C24H34N2O2/c1-18(27)25-15-9-3-6-14-22-24(25)21(20-12-4-2-5-13-20)17-26(22)23(28)16-19-10-7-8-11-19/h2,4-5,12-13,19,21-22,24H,3,6-11,14-17H2,1H3/t21-,22+,24-/m0/s1. The maximum Gasteiger partial charge on any atom is 0.223 e. The van der Waals surface area contributed by atoms with E-state index in [1.165, 1.54) is 31.2 Å². The Bertz CT molecular complexity index is 683. The van der Waals surface area contributed by atoms with Crippen molar-refractivity contribution in [3.05, 3.63) is 35.9 Å². The lowest BCUT2D eigenvalue weighted by molar-refractivity contribution is -0.137. The van der Waals surface area contributed by atoms with E-state index in [0.29, 0.717) is 18.2 Å². The summed E-state index contributed by atoms with van der Waals surface area (Å²) in [6.45, 7) is 3.28. The largest absolute Gasteiger partial charge is 0.337 e. The molecular formula is C24H34N2O2. The molecule has 3 atom stereocenters. The number of hydrogen-bond acceptors (Lipinski definition) is 2. The van der Waals surface area contributed by atoms with Gasteiger partial charge in [-0.2, -0.15) is 0 Å². The van der Waals surface area contributed by atoms with E-state index in [9.17, 15) is 9.59 Å². The number of hydrogen-bond donors (Lipinski definition) is 0. The van der Waals surface area contributed by atoms with Crippen LogP contribution in [0.5, 0.6) is 0 Å². The average molecular weight is 383 g/mol. The highest BCUT2D eigenvalue weighted by Gasteiger charge is 2.48. The van der Waals surface area contributed by atoms with Crippen molar-refractivity contribution in [3.8, 4) is 0 Å². The first-order valence-corrected chi connectivity index (χ1v) is 11.3. The van der Waals surface area contributed by atoms with Gasteiger partial charge in [0.1, 0.15) is 0 Å². The van der Waals surface area contributed by atoms with E-state index in [-0.39, 0.29) is 23.9 Å². The van der Waals surface area contributed by atoms with Gasteiger partial charge < -0.3 is 9.80 Å². The zero-order valence-electron chi connectivity index (χ0n) is 17.2. The van der Waals surface area contributed by atoms with E-state index in [1.807, 2.05) is 6.07 Å². The van der Waals surface area contributed by atoms with Crippen LogP contribution in [-0.2, 0) is 9.59 Å². The van der Waals surface area contributed by atoms with Crippen molar-refractivity contribution >= 4 is 11.8 Å². The number of carbonyl (C=O) groups is 2. The van der Waals surface area contributed by atoms with Crippen LogP contribution in [0.3, 0.4) is 0 Å². The number of carbonyl (C=O) groups excluding carboxylic acids is 2. The van der Waals surface area contributed by atoms with Crippen molar-refractivity contribution in [2.24, 2.45) is 5.92 Å². The van der Waals surface area contributed by atoms with Crippen LogP contribution in [0, 0.1) is 5.92 Å². The van der Waals surface area contributed by atoms with Crippen molar-refractivity contribution < 1.29 is 9.59 Å². The van der Waals surface area contributed by atoms with Crippen LogP contribution in [0.15, 0.2) is 30.3 Å². The van der Waals surface area contributed by atoms with Gasteiger partial charge in [-0.05, 0) is 37.2 Å². The third kappa shape index (κ3) is 3.97. The van der Waals surface area contributed by atoms with Gasteiger partial charge in [0.05, 0.1) is 12.1 Å². The summed E-state index contributed by atoms with van der Waals surface area (Å²) in [7, 11) is 0. The summed E-state index contributed by atoms with van der Waals surface area (Å²) >= 11 is 0. The summed E-state index contributed by atoms with van der Waals surface area (Å²) < 4.78 is 0. The van der Waals surface area contributed by atoms with Crippen molar-refractivity contribution in [3.63, 3.8) is 0 Å². The number of rotatable bonds is 3. The third-order valence-corrected chi connectivity index (χ3v) is 7.25. The van der Waals surface area contributed by atoms with E-state index in [2.05, 4.69) is 34.1 Å². The topological polar surface area (TPSA) is 40.6 Å². The predicted octanol–water partition coefficient (Wildman–Crippen LogP) is 4.35. The van der Waals surface area contributed by atoms with E-state index >= 15 is 0 Å². The first-order valence-electron chi connectivity index (χ1n) is 11.3. The van der Waals surface area contributed by atoms with Crippen molar-refractivity contribution in [2.45, 2.75) is 82.7 Å². The zero-order valence-corrected chi connectivity index (χ0v) is 17.2. The lowest BCUT2D eigenvalue weighted by Gasteiger charge is -2.38. The van der Waals surface area contributed by atoms with Gasteiger partial charge in [-0.25, -0.2) is 0 Å². The Balaban J connectivity index is 1.64. The van der Waals surface area contributed by atoms with Gasteiger partial charge in [0, 0.05) is 32.4 Å². The minimum atomic E-state index is 0.118. The Morgan fingerprint density at radius 2 is 1.64 bits per heavy atom. The molecular weight excluding hydrogens is 348 g/mol. The summed E-state index contributed by atoms with van der Waals surface area (Å²) in [5, 5.41) is 0. The Morgan fingerprint density at radius 1 is 0.929 bits per heavy atom. The SMILES string of the molecule is CC(=O)N1CCCCC[C@@H]2[C@@H]1[C@H](c1ccccc1)CN2C(=O)CC1CCCC1. The highest BCUT2D eigenvalue weighted by molar-refractivity contribution is 5.78. The van der Waals surface area contributed by atoms with Crippen LogP contribution in [0.25, 0.3) is 0 Å². The molecule has 0 spiro atoms. The highest BCUT2D eigenvalue weighted by Crippen LogP contribution is 2.40. The minimum Gasteiger partial charge on any atom is -0.337 e. The smallest absolute Gasteiger partial charge is 0.223 e. The maximum atomic E-state index is 13.3. The number of benzene rings is 1. The number of likely N-dealkylation sites (tertiary alicyclic amines) is 2. The van der Waals surface area contributed by atoms with Gasteiger partial charge in [0.25, 0.3) is 0 Å². The average Bonchev–Trinajstić information content (AvgIpc) is 3.30. The minimum absolute atomic E-state index is 0.118. The van der Waals surface area contributed by atoms with Gasteiger partial charge in [-0.3, -0.25) is 9.59 Å². The number of amides is 2. The fourth-order valence-electron chi connectivity index (χ4n) is 5.86. The second-order valence-corrected chi connectivity index (χ2v) is 9.04. The van der Waals surface area contributed by atoms with Gasteiger partial charge in [0.2, 0.25) is 11.8 Å². The molecule has 28 heavy (non-hydrogen) atoms. The molecule has 0 radical (unpaired) electrons. The van der Waals surface area contributed by atoms with E-state index in [1.54, 1.807) is 6.92 Å². The molecule has 0 N–H and O–H groups in total. The molecule has 1 aliphatic carbocycles. The maximum absolute atomic E-state index is 13.3. The quantitative estimate of drug-likeness (QED) is 0.780. The molecule has 1 aromatic rings. The van der Waals surface area contributed by atoms with E-state index < -0.39 is 0 Å². The third-order valence-electron chi connectivity index (χ3n) is 7.25. The number of fused-ring (bicyclic) bond motifs is 1. The first-order chi connectivity index (χ1) is 13.6. The van der Waals surface area contributed by atoms with E-state index in [0.717, 1.165) is 38.8 Å². The van der Waals surface area contributed by atoms with Crippen molar-refractivity contribution in [2.75, 3.05) is 13.1 Å². The monoisotopic (exact) mass is 382 g/mol. The van der Waals surface area contributed by atoms with Crippen LogP contribution in [0.1, 0.15) is 76.2 Å². The van der Waals surface area contributed by atoms with Crippen molar-refractivity contribution in [1.29, 1.82) is 0 Å². The summed E-state index contributed by atoms with van der Waals surface area (Å²) in [5.41, 5.74) is 1.26. The summed E-state index contributed by atoms with van der Waals surface area (Å²) in [6.07, 6.45) is 10.0. The van der Waals surface area contributed by atoms with E-state index in [4.69, 9.17) is 0 Å². The Morgan fingerprint density at radius 3 is 2.36 bits per heavy atom. The number of nitrogens with zero attached hydrogens (tertiary/aromatic N) is 2. The lowest BCUT2D eigenvalue weighted by Crippen LogP contribution is -2.51. The Labute approximate surface area is 169 Å². The Hall–Kier alpha value is -1.84. The molecule has 2 amide bonds. The fourth-order valence-corrected chi connectivity index (χ4v) is 5.86. The van der Waals surface area contributed by atoms with Crippen molar-refractivity contribution in [1.82, 2.24) is 9.80 Å². The molecule has 3 fully saturated rings. The predicted molar refractivity (Wildman–Crippen MR) is 111 cm³/mol. The molecule has 0 aromatic heterocycles. The second kappa shape index (κ2) is 8.67. The molecule has 152 valence electrons. The van der Waals surface area contributed by atoms with Crippen LogP contribution >= 0.6 is 0 Å². The normalized spacial score (nSPS) is 28.7. The molecule has 4 rings (SSSR count). The fraction of sp³-hybridized carbons (Fsp3) is 0.667. The molecule has 2 heterocycles. The second-order valence-electron chi connectivity index (χ2n) is 9.04. The molecule has 1 saturated carbocycles. The van der Waals surface area contributed by atoms with Crippen LogP contribution in [-0.4, -0.2) is 46.8 Å². The molecule has 2 aliphatic heterocycles. The molecule has 3 aliphatic rings. The molecule has 1 aromatic carbocycles. The molecule has 0 bridgehead atoms.